The number of aromatic nitrogens is 1. The van der Waals surface area contributed by atoms with Crippen LogP contribution in [0.5, 0.6) is 0 Å². The topological polar surface area (TPSA) is 44.9 Å². The molecule has 1 heterocycles. The fourth-order valence-corrected chi connectivity index (χ4v) is 2.95. The molecule has 3 heteroatoms. The molecule has 0 unspecified atom stereocenters. The molecule has 0 spiro atoms. The molecule has 1 aromatic heterocycles. The normalized spacial score (nSPS) is 17.7. The van der Waals surface area contributed by atoms with Gasteiger partial charge in [-0.25, -0.2) is 0 Å². The van der Waals surface area contributed by atoms with Crippen LogP contribution in [-0.2, 0) is 12.8 Å². The summed E-state index contributed by atoms with van der Waals surface area (Å²) in [5, 5.41) is 3.62. The lowest BCUT2D eigenvalue weighted by molar-refractivity contribution is 0.457. The molecule has 0 fully saturated rings. The zero-order chi connectivity index (χ0) is 13.8. The van der Waals surface area contributed by atoms with Crippen LogP contribution >= 0.6 is 0 Å². The fourth-order valence-electron chi connectivity index (χ4n) is 2.95. The molecule has 20 heavy (non-hydrogen) atoms. The minimum Gasteiger partial charge on any atom is -0.326 e. The molecule has 2 N–H and O–H groups in total. The summed E-state index contributed by atoms with van der Waals surface area (Å²) in [6.45, 7) is 0.966. The second-order valence-corrected chi connectivity index (χ2v) is 5.39. The van der Waals surface area contributed by atoms with Crippen LogP contribution in [0.1, 0.15) is 35.7 Å². The van der Waals surface area contributed by atoms with Crippen LogP contribution in [-0.4, -0.2) is 11.5 Å². The molecule has 0 saturated carbocycles. The van der Waals surface area contributed by atoms with Crippen molar-refractivity contribution in [2.45, 2.75) is 31.7 Å². The third-order valence-corrected chi connectivity index (χ3v) is 3.98. The Morgan fingerprint density at radius 3 is 2.85 bits per heavy atom. The third-order valence-electron chi connectivity index (χ3n) is 3.98. The standard InChI is InChI=1S/C17H20N2O/c20-17-10-9-14-15(7-4-8-16(14)19-17)18-12-11-13-5-2-1-3-6-13/h1-3,5-6,9-10,15,18H,4,7-8,11-12H2,(H,19,20)/t15-/m1/s1. The smallest absolute Gasteiger partial charge is 0.248 e. The van der Waals surface area contributed by atoms with Gasteiger partial charge in [0.15, 0.2) is 0 Å². The molecule has 1 aliphatic rings. The van der Waals surface area contributed by atoms with E-state index in [1.807, 2.05) is 12.1 Å². The van der Waals surface area contributed by atoms with Gasteiger partial charge >= 0.3 is 0 Å². The van der Waals surface area contributed by atoms with Gasteiger partial charge in [-0.1, -0.05) is 36.4 Å². The maximum absolute atomic E-state index is 11.4. The molecular weight excluding hydrogens is 248 g/mol. The summed E-state index contributed by atoms with van der Waals surface area (Å²) >= 11 is 0. The molecule has 1 aliphatic carbocycles. The number of benzene rings is 1. The first-order valence-electron chi connectivity index (χ1n) is 7.32. The first-order chi connectivity index (χ1) is 9.83. The number of aromatic amines is 1. The molecule has 3 nitrogen and oxygen atoms in total. The van der Waals surface area contributed by atoms with Crippen molar-refractivity contribution in [1.82, 2.24) is 10.3 Å². The van der Waals surface area contributed by atoms with Gasteiger partial charge < -0.3 is 10.3 Å². The van der Waals surface area contributed by atoms with Crippen molar-refractivity contribution in [3.63, 3.8) is 0 Å². The van der Waals surface area contributed by atoms with Crippen molar-refractivity contribution in [2.75, 3.05) is 6.54 Å². The van der Waals surface area contributed by atoms with E-state index in [0.29, 0.717) is 6.04 Å². The maximum Gasteiger partial charge on any atom is 0.248 e. The number of hydrogen-bond donors (Lipinski definition) is 2. The van der Waals surface area contributed by atoms with E-state index in [2.05, 4.69) is 34.6 Å². The van der Waals surface area contributed by atoms with Crippen LogP contribution in [0.3, 0.4) is 0 Å². The molecule has 0 radical (unpaired) electrons. The number of hydrogen-bond acceptors (Lipinski definition) is 2. The van der Waals surface area contributed by atoms with Gasteiger partial charge in [0.2, 0.25) is 5.56 Å². The Morgan fingerprint density at radius 1 is 1.15 bits per heavy atom. The van der Waals surface area contributed by atoms with Gasteiger partial charge in [0.1, 0.15) is 0 Å². The zero-order valence-corrected chi connectivity index (χ0v) is 11.6. The highest BCUT2D eigenvalue weighted by Crippen LogP contribution is 2.27. The Bertz CT molecular complexity index is 618. The number of H-pyrrole nitrogens is 1. The first kappa shape index (κ1) is 13.1. The molecule has 104 valence electrons. The van der Waals surface area contributed by atoms with Crippen LogP contribution in [0.4, 0.5) is 0 Å². The minimum absolute atomic E-state index is 0.00804. The number of nitrogens with one attached hydrogen (secondary N) is 2. The molecule has 1 aromatic carbocycles. The Labute approximate surface area is 119 Å². The molecule has 0 aliphatic heterocycles. The highest BCUT2D eigenvalue weighted by molar-refractivity contribution is 5.26. The molecule has 0 saturated heterocycles. The van der Waals surface area contributed by atoms with E-state index < -0.39 is 0 Å². The van der Waals surface area contributed by atoms with Crippen LogP contribution in [0.25, 0.3) is 0 Å². The van der Waals surface area contributed by atoms with Gasteiger partial charge in [-0.3, -0.25) is 4.79 Å². The number of fused-ring (bicyclic) bond motifs is 1. The van der Waals surface area contributed by atoms with Crippen molar-refractivity contribution in [3.8, 4) is 0 Å². The summed E-state index contributed by atoms with van der Waals surface area (Å²) in [6, 6.07) is 14.5. The van der Waals surface area contributed by atoms with Crippen LogP contribution in [0, 0.1) is 0 Å². The quantitative estimate of drug-likeness (QED) is 0.895. The molecule has 1 atom stereocenters. The highest BCUT2D eigenvalue weighted by Gasteiger charge is 2.19. The first-order valence-corrected chi connectivity index (χ1v) is 7.32. The summed E-state index contributed by atoms with van der Waals surface area (Å²) in [5.41, 5.74) is 3.75. The SMILES string of the molecule is O=c1ccc2c([nH]1)CCC[C@H]2NCCc1ccccc1. The summed E-state index contributed by atoms with van der Waals surface area (Å²) in [7, 11) is 0. The summed E-state index contributed by atoms with van der Waals surface area (Å²) < 4.78 is 0. The number of rotatable bonds is 4. The van der Waals surface area contributed by atoms with Crippen LogP contribution in [0.15, 0.2) is 47.3 Å². The Morgan fingerprint density at radius 2 is 2.00 bits per heavy atom. The van der Waals surface area contributed by atoms with Gasteiger partial charge in [0.25, 0.3) is 0 Å². The van der Waals surface area contributed by atoms with Gasteiger partial charge in [-0.2, -0.15) is 0 Å². The predicted octanol–water partition coefficient (Wildman–Crippen LogP) is 2.58. The van der Waals surface area contributed by atoms with Gasteiger partial charge in [0.05, 0.1) is 0 Å². The van der Waals surface area contributed by atoms with Crippen molar-refractivity contribution >= 4 is 0 Å². The average Bonchev–Trinajstić information content (AvgIpc) is 2.48. The van der Waals surface area contributed by atoms with Crippen LogP contribution in [0.2, 0.25) is 0 Å². The predicted molar refractivity (Wildman–Crippen MR) is 80.9 cm³/mol. The lowest BCUT2D eigenvalue weighted by atomic mass is 9.91. The van der Waals surface area contributed by atoms with Crippen molar-refractivity contribution < 1.29 is 0 Å². The number of aryl methyl sites for hydroxylation is 1. The molecule has 3 rings (SSSR count). The fraction of sp³-hybridized carbons (Fsp3) is 0.353. The minimum atomic E-state index is 0.00804. The van der Waals surface area contributed by atoms with E-state index >= 15 is 0 Å². The lowest BCUT2D eigenvalue weighted by Gasteiger charge is -2.26. The Balaban J connectivity index is 1.63. The van der Waals surface area contributed by atoms with Crippen molar-refractivity contribution in [2.24, 2.45) is 0 Å². The average molecular weight is 268 g/mol. The lowest BCUT2D eigenvalue weighted by Crippen LogP contribution is -2.28. The van der Waals surface area contributed by atoms with E-state index in [1.54, 1.807) is 6.07 Å². The Hall–Kier alpha value is -1.87. The van der Waals surface area contributed by atoms with E-state index in [0.717, 1.165) is 37.9 Å². The van der Waals surface area contributed by atoms with Gasteiger partial charge in [-0.15, -0.1) is 0 Å². The molecule has 0 amide bonds. The Kier molecular flexibility index (Phi) is 3.97. The number of pyridine rings is 1. The van der Waals surface area contributed by atoms with E-state index in [4.69, 9.17) is 0 Å². The maximum atomic E-state index is 11.4. The molecule has 2 aromatic rings. The van der Waals surface area contributed by atoms with E-state index in [-0.39, 0.29) is 5.56 Å². The summed E-state index contributed by atoms with van der Waals surface area (Å²) in [4.78, 5) is 14.3. The zero-order valence-electron chi connectivity index (χ0n) is 11.6. The summed E-state index contributed by atoms with van der Waals surface area (Å²) in [5.74, 6) is 0. The van der Waals surface area contributed by atoms with E-state index in [1.165, 1.54) is 11.1 Å². The largest absolute Gasteiger partial charge is 0.326 e. The van der Waals surface area contributed by atoms with E-state index in [9.17, 15) is 4.79 Å². The van der Waals surface area contributed by atoms with Crippen LogP contribution < -0.4 is 10.9 Å². The van der Waals surface area contributed by atoms with Crippen molar-refractivity contribution in [3.05, 3.63) is 69.6 Å². The second-order valence-electron chi connectivity index (χ2n) is 5.39. The summed E-state index contributed by atoms with van der Waals surface area (Å²) in [6.07, 6.45) is 4.31. The third kappa shape index (κ3) is 2.99. The molecular formula is C17H20N2O. The second kappa shape index (κ2) is 6.06. The van der Waals surface area contributed by atoms with Gasteiger partial charge in [0, 0.05) is 17.8 Å². The van der Waals surface area contributed by atoms with Gasteiger partial charge in [-0.05, 0) is 43.4 Å². The highest BCUT2D eigenvalue weighted by atomic mass is 16.1. The molecule has 0 bridgehead atoms. The monoisotopic (exact) mass is 268 g/mol. The van der Waals surface area contributed by atoms with Crippen molar-refractivity contribution in [1.29, 1.82) is 0 Å².